The molecule has 2 aromatic heterocycles. The Bertz CT molecular complexity index is 1830. The first-order chi connectivity index (χ1) is 25.3. The molecule has 4 aromatic rings. The van der Waals surface area contributed by atoms with Gasteiger partial charge in [0.15, 0.2) is 23.7 Å². The second-order valence-electron chi connectivity index (χ2n) is 13.0. The van der Waals surface area contributed by atoms with Crippen molar-refractivity contribution in [3.05, 3.63) is 163 Å². The summed E-state index contributed by atoms with van der Waals surface area (Å²) >= 11 is 0. The van der Waals surface area contributed by atoms with Gasteiger partial charge in [-0.2, -0.15) is 0 Å². The monoisotopic (exact) mass is 706 g/mol. The molecule has 0 saturated carbocycles. The topological polar surface area (TPSA) is 177 Å². The number of carbonyl (C=O) groups excluding carboxylic acids is 2. The fourth-order valence-corrected chi connectivity index (χ4v) is 7.62. The van der Waals surface area contributed by atoms with Gasteiger partial charge in [0.2, 0.25) is 12.1 Å². The number of rotatable bonds is 8. The number of ketones is 2. The minimum atomic E-state index is -0.938. The fraction of sp³-hybridized carbons (Fsp3) is 0.316. The van der Waals surface area contributed by atoms with Gasteiger partial charge in [0.1, 0.15) is 23.2 Å². The van der Waals surface area contributed by atoms with Gasteiger partial charge in [-0.25, -0.2) is 0 Å². The van der Waals surface area contributed by atoms with Crippen LogP contribution in [0.3, 0.4) is 0 Å². The number of fused-ring (bicyclic) bond motifs is 2. The van der Waals surface area contributed by atoms with Crippen LogP contribution in [-0.4, -0.2) is 69.5 Å². The molecule has 4 atom stereocenters. The quantitative estimate of drug-likeness (QED) is 0.133. The standard InChI is InChI=1S/2C19H19N3O4/c2*23-18(13-6-2-1-3-7-13)14-12-15(22(24)25)17(16-8-4-11-26-16)21-10-5-9-20-19(14)21/h2*1-4,6-8,11,15,17,20H,5,9-10,12H2/t2*15-,17-/m10/s1. The maximum atomic E-state index is 13.0. The highest BCUT2D eigenvalue weighted by molar-refractivity contribution is 6.09. The summed E-state index contributed by atoms with van der Waals surface area (Å²) in [5.41, 5.74) is 2.03. The largest absolute Gasteiger partial charge is 0.467 e. The van der Waals surface area contributed by atoms with Gasteiger partial charge in [0.25, 0.3) is 0 Å². The number of benzene rings is 2. The number of hydrogen-bond donors (Lipinski definition) is 2. The van der Waals surface area contributed by atoms with Crippen molar-refractivity contribution in [2.75, 3.05) is 26.2 Å². The summed E-state index contributed by atoms with van der Waals surface area (Å²) in [4.78, 5) is 53.0. The van der Waals surface area contributed by atoms with Crippen LogP contribution in [0.25, 0.3) is 0 Å². The predicted molar refractivity (Wildman–Crippen MR) is 188 cm³/mol. The second kappa shape index (κ2) is 15.0. The zero-order chi connectivity index (χ0) is 36.2. The van der Waals surface area contributed by atoms with E-state index >= 15 is 0 Å². The van der Waals surface area contributed by atoms with Crippen molar-refractivity contribution < 1.29 is 28.3 Å². The van der Waals surface area contributed by atoms with Gasteiger partial charge in [-0.3, -0.25) is 29.8 Å². The molecule has 0 spiro atoms. The van der Waals surface area contributed by atoms with Crippen molar-refractivity contribution in [2.45, 2.75) is 49.9 Å². The average Bonchev–Trinajstić information content (AvgIpc) is 3.93. The summed E-state index contributed by atoms with van der Waals surface area (Å²) in [5, 5.41) is 30.2. The van der Waals surface area contributed by atoms with Crippen LogP contribution in [0.15, 0.2) is 129 Å². The normalized spacial score (nSPS) is 22.5. The van der Waals surface area contributed by atoms with Crippen LogP contribution in [0.1, 0.15) is 70.0 Å². The molecule has 0 radical (unpaired) electrons. The Labute approximate surface area is 299 Å². The summed E-state index contributed by atoms with van der Waals surface area (Å²) in [6, 6.07) is 21.9. The number of Topliss-reactive ketones (excluding diaryl/α,β-unsaturated/α-hetero) is 2. The van der Waals surface area contributed by atoms with Crippen LogP contribution >= 0.6 is 0 Å². The second-order valence-corrected chi connectivity index (χ2v) is 13.0. The number of nitrogens with zero attached hydrogens (tertiary/aromatic N) is 4. The van der Waals surface area contributed by atoms with Gasteiger partial charge in [-0.05, 0) is 37.1 Å². The van der Waals surface area contributed by atoms with Crippen LogP contribution < -0.4 is 10.6 Å². The first-order valence-electron chi connectivity index (χ1n) is 17.3. The first-order valence-corrected chi connectivity index (χ1v) is 17.3. The molecular formula is C38H38N6O8. The van der Waals surface area contributed by atoms with Gasteiger partial charge in [0, 0.05) is 58.3 Å². The molecule has 268 valence electrons. The van der Waals surface area contributed by atoms with Crippen LogP contribution in [0.2, 0.25) is 0 Å². The Morgan fingerprint density at radius 3 is 1.37 bits per heavy atom. The fourth-order valence-electron chi connectivity index (χ4n) is 7.62. The number of furan rings is 2. The van der Waals surface area contributed by atoms with E-state index < -0.39 is 24.2 Å². The van der Waals surface area contributed by atoms with Crippen LogP contribution in [-0.2, 0) is 0 Å². The molecular weight excluding hydrogens is 668 g/mol. The molecule has 52 heavy (non-hydrogen) atoms. The predicted octanol–water partition coefficient (Wildman–Crippen LogP) is 5.52. The third kappa shape index (κ3) is 6.66. The summed E-state index contributed by atoms with van der Waals surface area (Å²) in [7, 11) is 0. The smallest absolute Gasteiger partial charge is 0.244 e. The molecule has 4 aliphatic rings. The lowest BCUT2D eigenvalue weighted by atomic mass is 9.87. The zero-order valence-corrected chi connectivity index (χ0v) is 28.3. The van der Waals surface area contributed by atoms with Crippen LogP contribution in [0.4, 0.5) is 0 Å². The van der Waals surface area contributed by atoms with E-state index in [-0.39, 0.29) is 34.3 Å². The minimum absolute atomic E-state index is 0.0743. The van der Waals surface area contributed by atoms with E-state index in [1.165, 1.54) is 12.5 Å². The van der Waals surface area contributed by atoms with Crippen molar-refractivity contribution in [1.29, 1.82) is 0 Å². The molecule has 2 aromatic carbocycles. The summed E-state index contributed by atoms with van der Waals surface area (Å²) < 4.78 is 11.0. The number of nitrogens with one attached hydrogen (secondary N) is 2. The third-order valence-corrected chi connectivity index (χ3v) is 9.94. The maximum absolute atomic E-state index is 13.0. The molecule has 14 heteroatoms. The van der Waals surface area contributed by atoms with Crippen LogP contribution in [0, 0.1) is 20.2 Å². The van der Waals surface area contributed by atoms with Crippen molar-refractivity contribution in [2.24, 2.45) is 0 Å². The average molecular weight is 707 g/mol. The minimum Gasteiger partial charge on any atom is -0.467 e. The molecule has 14 nitrogen and oxygen atoms in total. The Morgan fingerprint density at radius 1 is 0.615 bits per heavy atom. The Kier molecular flexibility index (Phi) is 9.87. The van der Waals surface area contributed by atoms with E-state index in [4.69, 9.17) is 8.83 Å². The summed E-state index contributed by atoms with van der Waals surface area (Å²) in [6.07, 6.45) is 4.89. The van der Waals surface area contributed by atoms with Crippen molar-refractivity contribution in [3.63, 3.8) is 0 Å². The van der Waals surface area contributed by atoms with E-state index in [0.29, 0.717) is 58.5 Å². The zero-order valence-electron chi connectivity index (χ0n) is 28.3. The highest BCUT2D eigenvalue weighted by atomic mass is 16.6. The molecule has 2 fully saturated rings. The third-order valence-electron chi connectivity index (χ3n) is 9.94. The van der Waals surface area contributed by atoms with E-state index in [1.807, 2.05) is 21.9 Å². The Balaban J connectivity index is 0.000000162. The highest BCUT2D eigenvalue weighted by Gasteiger charge is 2.49. The lowest BCUT2D eigenvalue weighted by molar-refractivity contribution is -0.532. The first kappa shape index (κ1) is 34.3. The van der Waals surface area contributed by atoms with Gasteiger partial charge in [0.05, 0.1) is 25.4 Å². The molecule has 0 amide bonds. The van der Waals surface area contributed by atoms with E-state index in [0.717, 1.165) is 25.9 Å². The van der Waals surface area contributed by atoms with E-state index in [1.54, 1.807) is 72.8 Å². The van der Waals surface area contributed by atoms with Crippen molar-refractivity contribution in [3.8, 4) is 0 Å². The SMILES string of the molecule is O=C(C1=C2NCCCN2[C@@H](c2ccco2)[C@H]([N+](=O)[O-])C1)c1ccccc1.O=C(C1=C2NCCCN2[C@H](c2ccco2)[C@@H]([N+](=O)[O-])C1)c1ccccc1. The van der Waals surface area contributed by atoms with E-state index in [2.05, 4.69) is 10.6 Å². The van der Waals surface area contributed by atoms with Crippen LogP contribution in [0.5, 0.6) is 0 Å². The maximum Gasteiger partial charge on any atom is 0.244 e. The van der Waals surface area contributed by atoms with E-state index in [9.17, 15) is 29.8 Å². The Morgan fingerprint density at radius 2 is 1.02 bits per heavy atom. The molecule has 6 heterocycles. The number of carbonyl (C=O) groups is 2. The summed E-state index contributed by atoms with van der Waals surface area (Å²) in [5.74, 6) is 2.18. The van der Waals surface area contributed by atoms with Gasteiger partial charge in [-0.1, -0.05) is 60.7 Å². The molecule has 0 unspecified atom stereocenters. The van der Waals surface area contributed by atoms with Gasteiger partial charge in [-0.15, -0.1) is 0 Å². The molecule has 0 bridgehead atoms. The number of hydrogen-bond acceptors (Lipinski definition) is 12. The molecule has 2 N–H and O–H groups in total. The van der Waals surface area contributed by atoms with Crippen molar-refractivity contribution in [1.82, 2.24) is 20.4 Å². The molecule has 8 rings (SSSR count). The molecule has 0 aliphatic carbocycles. The lowest BCUT2D eigenvalue weighted by Crippen LogP contribution is -2.51. The number of nitro groups is 2. The lowest BCUT2D eigenvalue weighted by Gasteiger charge is -2.43. The summed E-state index contributed by atoms with van der Waals surface area (Å²) in [6.45, 7) is 2.77. The van der Waals surface area contributed by atoms with Gasteiger partial charge >= 0.3 is 0 Å². The van der Waals surface area contributed by atoms with Gasteiger partial charge < -0.3 is 29.3 Å². The van der Waals surface area contributed by atoms with Crippen molar-refractivity contribution >= 4 is 11.6 Å². The molecule has 2 saturated heterocycles. The Hall–Kier alpha value is -6.18. The highest BCUT2D eigenvalue weighted by Crippen LogP contribution is 2.41. The molecule has 4 aliphatic heterocycles.